The lowest BCUT2D eigenvalue weighted by molar-refractivity contribution is -0.123. The summed E-state index contributed by atoms with van der Waals surface area (Å²) < 4.78 is 27.0. The fourth-order valence-corrected chi connectivity index (χ4v) is 5.62. The maximum absolute atomic E-state index is 13.5. The highest BCUT2D eigenvalue weighted by atomic mass is 19.1. The molecule has 1 unspecified atom stereocenters. The van der Waals surface area contributed by atoms with Crippen molar-refractivity contribution in [1.29, 1.82) is 0 Å². The smallest absolute Gasteiger partial charge is 0.321 e. The highest BCUT2D eigenvalue weighted by Gasteiger charge is 2.54. The van der Waals surface area contributed by atoms with Crippen LogP contribution in [-0.2, 0) is 0 Å². The first kappa shape index (κ1) is 23.4. The Morgan fingerprint density at radius 3 is 2.17 bits per heavy atom. The van der Waals surface area contributed by atoms with Crippen LogP contribution in [0.4, 0.5) is 19.3 Å². The number of benzene rings is 2. The number of rotatable bonds is 4. The highest BCUT2D eigenvalue weighted by Crippen LogP contribution is 2.55. The van der Waals surface area contributed by atoms with Crippen LogP contribution in [0.15, 0.2) is 67.0 Å². The molecular formula is C28H30F2N4O. The van der Waals surface area contributed by atoms with Crippen molar-refractivity contribution in [3.63, 3.8) is 0 Å². The lowest BCUT2D eigenvalue weighted by atomic mass is 9.62. The fourth-order valence-electron chi connectivity index (χ4n) is 5.62. The first-order chi connectivity index (χ1) is 16.8. The Balaban J connectivity index is 1.29. The van der Waals surface area contributed by atoms with E-state index in [-0.39, 0.29) is 17.1 Å². The highest BCUT2D eigenvalue weighted by molar-refractivity contribution is 5.89. The Hall–Kier alpha value is -3.32. The SMILES string of the molecule is CC(C)N1CC2(CCN(C(=O)Nc3cc(F)cc(F)c3)CC2)C1c1ccc(-c2ccncc2)cc1. The number of hydrogen-bond donors (Lipinski definition) is 1. The number of nitrogens with one attached hydrogen (secondary N) is 1. The van der Waals surface area contributed by atoms with Gasteiger partial charge in [0, 0.05) is 61.3 Å². The Labute approximate surface area is 204 Å². The van der Waals surface area contributed by atoms with Crippen molar-refractivity contribution in [3.8, 4) is 11.1 Å². The lowest BCUT2D eigenvalue weighted by Gasteiger charge is -2.62. The van der Waals surface area contributed by atoms with Crippen molar-refractivity contribution in [2.75, 3.05) is 25.0 Å². The van der Waals surface area contributed by atoms with Crippen LogP contribution >= 0.6 is 0 Å². The summed E-state index contributed by atoms with van der Waals surface area (Å²) in [5.41, 5.74) is 3.86. The average molecular weight is 477 g/mol. The van der Waals surface area contributed by atoms with Crippen LogP contribution in [0.5, 0.6) is 0 Å². The number of piperidine rings is 1. The van der Waals surface area contributed by atoms with Gasteiger partial charge in [0.1, 0.15) is 11.6 Å². The summed E-state index contributed by atoms with van der Waals surface area (Å²) in [6.07, 6.45) is 5.38. The predicted octanol–water partition coefficient (Wildman–Crippen LogP) is 6.11. The van der Waals surface area contributed by atoms with Gasteiger partial charge >= 0.3 is 6.03 Å². The van der Waals surface area contributed by atoms with E-state index in [1.165, 1.54) is 11.1 Å². The number of aromatic nitrogens is 1. The molecule has 35 heavy (non-hydrogen) atoms. The molecule has 5 rings (SSSR count). The monoisotopic (exact) mass is 476 g/mol. The number of pyridine rings is 1. The summed E-state index contributed by atoms with van der Waals surface area (Å²) in [6.45, 7) is 6.69. The number of carbonyl (C=O) groups is 1. The molecule has 2 aromatic carbocycles. The molecule has 182 valence electrons. The van der Waals surface area contributed by atoms with Crippen molar-refractivity contribution in [2.45, 2.75) is 38.8 Å². The van der Waals surface area contributed by atoms with E-state index >= 15 is 0 Å². The molecule has 2 aliphatic rings. The third kappa shape index (κ3) is 4.65. The van der Waals surface area contributed by atoms with Gasteiger partial charge in [-0.3, -0.25) is 9.88 Å². The third-order valence-corrected chi connectivity index (χ3v) is 7.47. The van der Waals surface area contributed by atoms with E-state index < -0.39 is 11.6 Å². The fraction of sp³-hybridized carbons (Fsp3) is 0.357. The maximum atomic E-state index is 13.5. The number of hydrogen-bond acceptors (Lipinski definition) is 3. The molecule has 3 heterocycles. The zero-order valence-corrected chi connectivity index (χ0v) is 20.0. The zero-order chi connectivity index (χ0) is 24.6. The molecule has 1 atom stereocenters. The van der Waals surface area contributed by atoms with Crippen LogP contribution in [0.3, 0.4) is 0 Å². The molecule has 0 bridgehead atoms. The number of halogens is 2. The number of likely N-dealkylation sites (tertiary alicyclic amines) is 2. The summed E-state index contributed by atoms with van der Waals surface area (Å²) in [5.74, 6) is -1.42. The van der Waals surface area contributed by atoms with E-state index in [0.717, 1.165) is 43.1 Å². The van der Waals surface area contributed by atoms with Gasteiger partial charge in [-0.15, -0.1) is 0 Å². The van der Waals surface area contributed by atoms with Gasteiger partial charge < -0.3 is 10.2 Å². The summed E-state index contributed by atoms with van der Waals surface area (Å²) in [6, 6.07) is 16.3. The molecule has 1 aromatic heterocycles. The predicted molar refractivity (Wildman–Crippen MR) is 133 cm³/mol. The average Bonchev–Trinajstić information content (AvgIpc) is 2.83. The van der Waals surface area contributed by atoms with Crippen molar-refractivity contribution in [3.05, 3.63) is 84.2 Å². The van der Waals surface area contributed by atoms with Crippen LogP contribution in [0, 0.1) is 17.0 Å². The third-order valence-electron chi connectivity index (χ3n) is 7.47. The van der Waals surface area contributed by atoms with Crippen molar-refractivity contribution in [2.24, 2.45) is 5.41 Å². The van der Waals surface area contributed by atoms with Gasteiger partial charge in [-0.25, -0.2) is 13.6 Å². The topological polar surface area (TPSA) is 48.5 Å². The van der Waals surface area contributed by atoms with Crippen molar-refractivity contribution < 1.29 is 13.6 Å². The molecule has 2 aliphatic heterocycles. The standard InChI is InChI=1S/C28H30F2N4O/c1-19(2)34-18-28(26(34)22-5-3-20(4-6-22)21-7-11-31-12-8-21)9-13-33(14-10-28)27(35)32-25-16-23(29)15-24(30)17-25/h3-8,11-12,15-17,19,26H,9-10,13-14,18H2,1-2H3,(H,32,35). The van der Waals surface area contributed by atoms with Gasteiger partial charge in [0.05, 0.1) is 0 Å². The zero-order valence-electron chi connectivity index (χ0n) is 20.0. The second-order valence-electron chi connectivity index (χ2n) is 9.96. The quantitative estimate of drug-likeness (QED) is 0.495. The Kier molecular flexibility index (Phi) is 6.28. The molecule has 1 spiro atoms. The molecule has 0 aliphatic carbocycles. The van der Waals surface area contributed by atoms with Crippen LogP contribution < -0.4 is 5.32 Å². The van der Waals surface area contributed by atoms with Crippen LogP contribution in [0.1, 0.15) is 38.3 Å². The van der Waals surface area contributed by atoms with E-state index in [0.29, 0.717) is 25.2 Å². The van der Waals surface area contributed by atoms with Gasteiger partial charge in [-0.1, -0.05) is 24.3 Å². The number of anilines is 1. The van der Waals surface area contributed by atoms with Gasteiger partial charge in [0.15, 0.2) is 0 Å². The van der Waals surface area contributed by atoms with Crippen molar-refractivity contribution >= 4 is 11.7 Å². The molecule has 5 nitrogen and oxygen atoms in total. The van der Waals surface area contributed by atoms with E-state index in [9.17, 15) is 13.6 Å². The van der Waals surface area contributed by atoms with Crippen LogP contribution in [-0.4, -0.2) is 46.5 Å². The molecule has 7 heteroatoms. The van der Waals surface area contributed by atoms with Crippen molar-refractivity contribution in [1.82, 2.24) is 14.8 Å². The van der Waals surface area contributed by atoms with E-state index in [1.54, 1.807) is 17.3 Å². The van der Waals surface area contributed by atoms with Gasteiger partial charge in [-0.2, -0.15) is 0 Å². The Morgan fingerprint density at radius 2 is 1.57 bits per heavy atom. The van der Waals surface area contributed by atoms with Gasteiger partial charge in [0.25, 0.3) is 0 Å². The first-order valence-corrected chi connectivity index (χ1v) is 12.1. The second kappa shape index (κ2) is 9.38. The molecular weight excluding hydrogens is 446 g/mol. The molecule has 0 radical (unpaired) electrons. The molecule has 1 N–H and O–H groups in total. The summed E-state index contributed by atoms with van der Waals surface area (Å²) in [5, 5.41) is 2.64. The van der Waals surface area contributed by atoms with Gasteiger partial charge in [-0.05, 0) is 67.6 Å². The summed E-state index contributed by atoms with van der Waals surface area (Å²) in [7, 11) is 0. The number of nitrogens with zero attached hydrogens (tertiary/aromatic N) is 3. The maximum Gasteiger partial charge on any atom is 0.321 e. The minimum absolute atomic E-state index is 0.115. The lowest BCUT2D eigenvalue weighted by Crippen LogP contribution is -2.64. The Bertz CT molecular complexity index is 1170. The number of amides is 2. The number of carbonyl (C=O) groups excluding carboxylic acids is 1. The summed E-state index contributed by atoms with van der Waals surface area (Å²) in [4.78, 5) is 21.1. The Morgan fingerprint density at radius 1 is 0.971 bits per heavy atom. The molecule has 2 amide bonds. The van der Waals surface area contributed by atoms with E-state index in [4.69, 9.17) is 0 Å². The minimum atomic E-state index is -0.709. The number of urea groups is 1. The molecule has 0 saturated carbocycles. The molecule has 2 fully saturated rings. The normalized spacial score (nSPS) is 19.6. The van der Waals surface area contributed by atoms with E-state index in [2.05, 4.69) is 53.3 Å². The van der Waals surface area contributed by atoms with Gasteiger partial charge in [0.2, 0.25) is 0 Å². The van der Waals surface area contributed by atoms with E-state index in [1.807, 2.05) is 12.1 Å². The second-order valence-corrected chi connectivity index (χ2v) is 9.96. The summed E-state index contributed by atoms with van der Waals surface area (Å²) >= 11 is 0. The first-order valence-electron chi connectivity index (χ1n) is 12.1. The van der Waals surface area contributed by atoms with Crippen LogP contribution in [0.25, 0.3) is 11.1 Å². The minimum Gasteiger partial charge on any atom is -0.324 e. The molecule has 2 saturated heterocycles. The van der Waals surface area contributed by atoms with Crippen LogP contribution in [0.2, 0.25) is 0 Å². The largest absolute Gasteiger partial charge is 0.324 e. The molecule has 3 aromatic rings.